The maximum Gasteiger partial charge on any atom is 0.305 e. The standard InChI is InChI=1S/C23H38O7/c1-2-3-6-9-17(25)12-13-20-19(21(27)14-22(20)28)10-7-4-5-8-11-23(29)30-16-18(26)15-24/h4,7,12-13,17-20,22,24-26,28H,2-3,5-6,8-11,14-16H2,1H3/b7-4-,13-12+/t17-,18-,19-,20+,22+/m0/s1. The smallest absolute Gasteiger partial charge is 0.305 e. The molecule has 0 aromatic heterocycles. The Morgan fingerprint density at radius 3 is 2.70 bits per heavy atom. The van der Waals surface area contributed by atoms with Crippen molar-refractivity contribution in [2.24, 2.45) is 11.8 Å². The van der Waals surface area contributed by atoms with Crippen LogP contribution < -0.4 is 0 Å². The van der Waals surface area contributed by atoms with Crippen LogP contribution in [0, 0.1) is 11.8 Å². The van der Waals surface area contributed by atoms with Crippen molar-refractivity contribution in [1.29, 1.82) is 0 Å². The number of allylic oxidation sites excluding steroid dienone is 2. The number of carbonyl (C=O) groups excluding carboxylic acids is 2. The molecule has 7 heteroatoms. The average molecular weight is 427 g/mol. The minimum Gasteiger partial charge on any atom is -0.463 e. The second kappa shape index (κ2) is 15.3. The Bertz CT molecular complexity index is 558. The van der Waals surface area contributed by atoms with Gasteiger partial charge in [-0.05, 0) is 25.7 Å². The average Bonchev–Trinajstić information content (AvgIpc) is 2.99. The van der Waals surface area contributed by atoms with Crippen LogP contribution >= 0.6 is 0 Å². The van der Waals surface area contributed by atoms with Crippen LogP contribution in [0.5, 0.6) is 0 Å². The van der Waals surface area contributed by atoms with E-state index < -0.39 is 30.9 Å². The highest BCUT2D eigenvalue weighted by Crippen LogP contribution is 2.33. The Morgan fingerprint density at radius 2 is 2.00 bits per heavy atom. The number of ketones is 1. The van der Waals surface area contributed by atoms with Gasteiger partial charge >= 0.3 is 5.97 Å². The Kier molecular flexibility index (Phi) is 13.5. The van der Waals surface area contributed by atoms with Crippen molar-refractivity contribution < 1.29 is 34.8 Å². The van der Waals surface area contributed by atoms with Gasteiger partial charge < -0.3 is 25.2 Å². The number of unbranched alkanes of at least 4 members (excludes halogenated alkanes) is 3. The number of rotatable bonds is 15. The van der Waals surface area contributed by atoms with E-state index in [1.165, 1.54) is 0 Å². The van der Waals surface area contributed by atoms with Gasteiger partial charge in [0.1, 0.15) is 18.5 Å². The summed E-state index contributed by atoms with van der Waals surface area (Å²) in [5, 5.41) is 38.0. The molecule has 1 rings (SSSR count). The van der Waals surface area contributed by atoms with E-state index in [1.54, 1.807) is 12.2 Å². The summed E-state index contributed by atoms with van der Waals surface area (Å²) in [7, 11) is 0. The molecule has 5 atom stereocenters. The zero-order valence-electron chi connectivity index (χ0n) is 18.0. The van der Waals surface area contributed by atoms with Gasteiger partial charge in [-0.2, -0.15) is 0 Å². The quantitative estimate of drug-likeness (QED) is 0.179. The first-order valence-electron chi connectivity index (χ1n) is 11.1. The van der Waals surface area contributed by atoms with Crippen molar-refractivity contribution >= 4 is 11.8 Å². The minimum absolute atomic E-state index is 0.0355. The maximum atomic E-state index is 12.2. The summed E-state index contributed by atoms with van der Waals surface area (Å²) in [5.41, 5.74) is 0. The van der Waals surface area contributed by atoms with Crippen molar-refractivity contribution in [3.8, 4) is 0 Å². The Morgan fingerprint density at radius 1 is 1.23 bits per heavy atom. The van der Waals surface area contributed by atoms with Crippen molar-refractivity contribution in [2.75, 3.05) is 13.2 Å². The first kappa shape index (κ1) is 26.5. The molecule has 0 saturated heterocycles. The van der Waals surface area contributed by atoms with Gasteiger partial charge in [-0.15, -0.1) is 0 Å². The first-order chi connectivity index (χ1) is 14.4. The van der Waals surface area contributed by atoms with Gasteiger partial charge in [0.25, 0.3) is 0 Å². The molecule has 1 aliphatic rings. The van der Waals surface area contributed by atoms with E-state index in [4.69, 9.17) is 14.9 Å². The fourth-order valence-corrected chi connectivity index (χ4v) is 3.52. The maximum absolute atomic E-state index is 12.2. The van der Waals surface area contributed by atoms with Gasteiger partial charge in [-0.1, -0.05) is 50.5 Å². The molecule has 1 saturated carbocycles. The Balaban J connectivity index is 2.37. The number of aliphatic hydroxyl groups is 4. The Labute approximate surface area is 179 Å². The molecule has 172 valence electrons. The van der Waals surface area contributed by atoms with E-state index in [2.05, 4.69) is 6.92 Å². The van der Waals surface area contributed by atoms with Crippen molar-refractivity contribution in [3.63, 3.8) is 0 Å². The zero-order valence-corrected chi connectivity index (χ0v) is 18.0. The van der Waals surface area contributed by atoms with Gasteiger partial charge in [0.05, 0.1) is 18.8 Å². The third-order valence-corrected chi connectivity index (χ3v) is 5.35. The van der Waals surface area contributed by atoms with Crippen LogP contribution in [-0.2, 0) is 14.3 Å². The van der Waals surface area contributed by atoms with Crippen molar-refractivity contribution in [2.45, 2.75) is 83.0 Å². The molecule has 7 nitrogen and oxygen atoms in total. The Hall–Kier alpha value is -1.54. The van der Waals surface area contributed by atoms with E-state index in [0.29, 0.717) is 25.7 Å². The molecule has 0 spiro atoms. The predicted molar refractivity (Wildman–Crippen MR) is 114 cm³/mol. The molecule has 0 aromatic carbocycles. The minimum atomic E-state index is -1.05. The molecular formula is C23H38O7. The number of aliphatic hydroxyl groups excluding tert-OH is 4. The number of ether oxygens (including phenoxy) is 1. The van der Waals surface area contributed by atoms with Crippen LogP contribution in [0.4, 0.5) is 0 Å². The number of esters is 1. The van der Waals surface area contributed by atoms with Gasteiger partial charge in [0.2, 0.25) is 0 Å². The lowest BCUT2D eigenvalue weighted by Gasteiger charge is -2.16. The van der Waals surface area contributed by atoms with Crippen LogP contribution in [-0.4, -0.2) is 63.7 Å². The number of hydrogen-bond acceptors (Lipinski definition) is 7. The van der Waals surface area contributed by atoms with Crippen LogP contribution in [0.3, 0.4) is 0 Å². The van der Waals surface area contributed by atoms with Gasteiger partial charge in [0.15, 0.2) is 0 Å². The van der Waals surface area contributed by atoms with Gasteiger partial charge in [-0.25, -0.2) is 0 Å². The van der Waals surface area contributed by atoms with E-state index in [-0.39, 0.29) is 37.1 Å². The summed E-state index contributed by atoms with van der Waals surface area (Å²) in [4.78, 5) is 23.7. The molecule has 30 heavy (non-hydrogen) atoms. The molecule has 0 amide bonds. The lowest BCUT2D eigenvalue weighted by Crippen LogP contribution is -2.21. The topological polar surface area (TPSA) is 124 Å². The summed E-state index contributed by atoms with van der Waals surface area (Å²) < 4.78 is 4.83. The summed E-state index contributed by atoms with van der Waals surface area (Å²) >= 11 is 0. The van der Waals surface area contributed by atoms with Crippen LogP contribution in [0.1, 0.15) is 64.7 Å². The SMILES string of the molecule is CCCCC[C@H](O)/C=C/[C@H]1[C@H](O)CC(=O)[C@H]1C/C=C\CCCC(=O)OC[C@@H](O)CO. The number of carbonyl (C=O) groups is 2. The highest BCUT2D eigenvalue weighted by Gasteiger charge is 2.39. The fraction of sp³-hybridized carbons (Fsp3) is 0.739. The van der Waals surface area contributed by atoms with E-state index in [1.807, 2.05) is 12.2 Å². The lowest BCUT2D eigenvalue weighted by atomic mass is 9.90. The molecule has 0 unspecified atom stereocenters. The lowest BCUT2D eigenvalue weighted by molar-refractivity contribution is -0.147. The van der Waals surface area contributed by atoms with E-state index in [9.17, 15) is 19.8 Å². The molecule has 0 heterocycles. The summed E-state index contributed by atoms with van der Waals surface area (Å²) in [5.74, 6) is -0.961. The second-order valence-electron chi connectivity index (χ2n) is 7.99. The van der Waals surface area contributed by atoms with Gasteiger partial charge in [0, 0.05) is 24.7 Å². The van der Waals surface area contributed by atoms with Gasteiger partial charge in [-0.3, -0.25) is 9.59 Å². The monoisotopic (exact) mass is 426 g/mol. The number of hydrogen-bond donors (Lipinski definition) is 4. The molecule has 1 fully saturated rings. The van der Waals surface area contributed by atoms with Crippen LogP contribution in [0.15, 0.2) is 24.3 Å². The molecule has 1 aliphatic carbocycles. The molecule has 4 N–H and O–H groups in total. The van der Waals surface area contributed by atoms with Crippen LogP contribution in [0.25, 0.3) is 0 Å². The predicted octanol–water partition coefficient (Wildman–Crippen LogP) is 2.06. The third kappa shape index (κ3) is 10.5. The molecule has 0 bridgehead atoms. The van der Waals surface area contributed by atoms with Crippen molar-refractivity contribution in [1.82, 2.24) is 0 Å². The van der Waals surface area contributed by atoms with E-state index >= 15 is 0 Å². The number of Topliss-reactive ketones (excluding diaryl/α,β-unsaturated/α-hetero) is 1. The summed E-state index contributed by atoms with van der Waals surface area (Å²) in [6.45, 7) is 1.45. The highest BCUT2D eigenvalue weighted by atomic mass is 16.5. The van der Waals surface area contributed by atoms with Crippen LogP contribution in [0.2, 0.25) is 0 Å². The van der Waals surface area contributed by atoms with Crippen molar-refractivity contribution in [3.05, 3.63) is 24.3 Å². The molecule has 0 aliphatic heterocycles. The fourth-order valence-electron chi connectivity index (χ4n) is 3.52. The zero-order chi connectivity index (χ0) is 22.4. The largest absolute Gasteiger partial charge is 0.463 e. The summed E-state index contributed by atoms with van der Waals surface area (Å²) in [6, 6.07) is 0. The first-order valence-corrected chi connectivity index (χ1v) is 11.1. The molecular weight excluding hydrogens is 388 g/mol. The molecule has 0 radical (unpaired) electrons. The normalized spacial score (nSPS) is 24.0. The summed E-state index contributed by atoms with van der Waals surface area (Å²) in [6.07, 6.45) is 10.9. The third-order valence-electron chi connectivity index (χ3n) is 5.35. The van der Waals surface area contributed by atoms with E-state index in [0.717, 1.165) is 19.3 Å². The second-order valence-corrected chi connectivity index (χ2v) is 7.99. The molecule has 0 aromatic rings. The highest BCUT2D eigenvalue weighted by molar-refractivity contribution is 5.84.